The van der Waals surface area contributed by atoms with Crippen molar-refractivity contribution in [1.82, 2.24) is 9.21 Å². The Morgan fingerprint density at radius 1 is 1.03 bits per heavy atom. The molecule has 0 radical (unpaired) electrons. The van der Waals surface area contributed by atoms with E-state index < -0.39 is 10.0 Å². The lowest BCUT2D eigenvalue weighted by molar-refractivity contribution is -0.117. The topological polar surface area (TPSA) is 69.7 Å². The summed E-state index contributed by atoms with van der Waals surface area (Å²) in [5.41, 5.74) is 1.56. The molecular weight excluding hydrogens is 445 g/mol. The molecule has 1 amide bonds. The van der Waals surface area contributed by atoms with E-state index in [-0.39, 0.29) is 12.5 Å². The van der Waals surface area contributed by atoms with E-state index in [9.17, 15) is 13.2 Å². The van der Waals surface area contributed by atoms with Crippen LogP contribution in [0, 0.1) is 0 Å². The molecule has 1 N–H and O–H groups in total. The highest BCUT2D eigenvalue weighted by molar-refractivity contribution is 7.89. The van der Waals surface area contributed by atoms with Crippen LogP contribution in [0.25, 0.3) is 0 Å². The van der Waals surface area contributed by atoms with Gasteiger partial charge in [-0.25, -0.2) is 8.42 Å². The fourth-order valence-corrected chi connectivity index (χ4v) is 5.05. The maximum atomic E-state index is 12.9. The fourth-order valence-electron chi connectivity index (χ4n) is 3.29. The Kier molecular flexibility index (Phi) is 7.42. The lowest BCUT2D eigenvalue weighted by atomic mass is 10.0. The Morgan fingerprint density at radius 2 is 1.67 bits per heavy atom. The van der Waals surface area contributed by atoms with Gasteiger partial charge >= 0.3 is 0 Å². The van der Waals surface area contributed by atoms with E-state index >= 15 is 0 Å². The first-order valence-electron chi connectivity index (χ1n) is 9.74. The van der Waals surface area contributed by atoms with Gasteiger partial charge in [0.2, 0.25) is 15.9 Å². The third kappa shape index (κ3) is 5.53. The molecule has 6 nitrogen and oxygen atoms in total. The van der Waals surface area contributed by atoms with E-state index in [0.717, 1.165) is 5.56 Å². The molecule has 1 aliphatic heterocycles. The van der Waals surface area contributed by atoms with E-state index in [4.69, 9.17) is 23.2 Å². The largest absolute Gasteiger partial charge is 0.324 e. The van der Waals surface area contributed by atoms with Crippen LogP contribution in [-0.2, 0) is 14.8 Å². The Balaban J connectivity index is 1.56. The maximum Gasteiger partial charge on any atom is 0.243 e. The Hall–Kier alpha value is -1.64. The number of rotatable bonds is 6. The van der Waals surface area contributed by atoms with Crippen molar-refractivity contribution >= 4 is 44.8 Å². The lowest BCUT2D eigenvalue weighted by Gasteiger charge is -2.33. The highest BCUT2D eigenvalue weighted by atomic mass is 35.5. The van der Waals surface area contributed by atoms with Crippen LogP contribution in [0.5, 0.6) is 0 Å². The number of nitrogens with one attached hydrogen (secondary N) is 1. The minimum atomic E-state index is -3.54. The van der Waals surface area contributed by atoms with Gasteiger partial charge in [-0.05, 0) is 41.8 Å². The van der Waals surface area contributed by atoms with E-state index in [2.05, 4.69) is 19.2 Å². The zero-order valence-electron chi connectivity index (χ0n) is 16.9. The van der Waals surface area contributed by atoms with Crippen LogP contribution in [0.2, 0.25) is 10.0 Å². The van der Waals surface area contributed by atoms with Crippen LogP contribution in [0.15, 0.2) is 47.4 Å². The van der Waals surface area contributed by atoms with Crippen LogP contribution in [0.3, 0.4) is 0 Å². The number of carbonyl (C=O) groups excluding carboxylic acids is 1. The Morgan fingerprint density at radius 3 is 2.27 bits per heavy atom. The number of benzene rings is 2. The summed E-state index contributed by atoms with van der Waals surface area (Å²) >= 11 is 12.0. The monoisotopic (exact) mass is 469 g/mol. The minimum absolute atomic E-state index is 0.153. The SMILES string of the molecule is CC(C)c1ccc(S(=O)(=O)N2CCN(CC(=O)Nc3cc(Cl)ccc3Cl)CC2)cc1. The van der Waals surface area contributed by atoms with E-state index in [1.54, 1.807) is 30.3 Å². The Bertz CT molecular complexity index is 1000. The van der Waals surface area contributed by atoms with Crippen molar-refractivity contribution in [1.29, 1.82) is 0 Å². The molecule has 0 bridgehead atoms. The number of anilines is 1. The summed E-state index contributed by atoms with van der Waals surface area (Å²) in [5, 5.41) is 3.64. The first-order chi connectivity index (χ1) is 14.2. The van der Waals surface area contributed by atoms with Crippen LogP contribution >= 0.6 is 23.2 Å². The first kappa shape index (κ1) is 23.0. The first-order valence-corrected chi connectivity index (χ1v) is 11.9. The van der Waals surface area contributed by atoms with Crippen molar-refractivity contribution < 1.29 is 13.2 Å². The van der Waals surface area contributed by atoms with Crippen LogP contribution in [-0.4, -0.2) is 56.3 Å². The maximum absolute atomic E-state index is 12.9. The molecule has 0 aliphatic carbocycles. The van der Waals surface area contributed by atoms with Gasteiger partial charge in [-0.1, -0.05) is 49.2 Å². The average molecular weight is 470 g/mol. The summed E-state index contributed by atoms with van der Waals surface area (Å²) < 4.78 is 27.3. The highest BCUT2D eigenvalue weighted by Gasteiger charge is 2.29. The number of hydrogen-bond acceptors (Lipinski definition) is 4. The summed E-state index contributed by atoms with van der Waals surface area (Å²) in [6, 6.07) is 11.9. The third-order valence-electron chi connectivity index (χ3n) is 5.09. The summed E-state index contributed by atoms with van der Waals surface area (Å²) in [6.07, 6.45) is 0. The standard InChI is InChI=1S/C21H25Cl2N3O3S/c1-15(2)16-3-6-18(7-4-16)30(28,29)26-11-9-25(10-12-26)14-21(27)24-20-13-17(22)5-8-19(20)23/h3-8,13,15H,9-12,14H2,1-2H3,(H,24,27). The lowest BCUT2D eigenvalue weighted by Crippen LogP contribution is -2.50. The van der Waals surface area contributed by atoms with Crippen LogP contribution < -0.4 is 5.32 Å². The minimum Gasteiger partial charge on any atom is -0.324 e. The zero-order chi connectivity index (χ0) is 21.9. The number of piperazine rings is 1. The van der Waals surface area contributed by atoms with Gasteiger partial charge in [-0.2, -0.15) is 4.31 Å². The van der Waals surface area contributed by atoms with Gasteiger partial charge in [0.1, 0.15) is 0 Å². The average Bonchev–Trinajstić information content (AvgIpc) is 2.71. The summed E-state index contributed by atoms with van der Waals surface area (Å²) in [5.74, 6) is 0.123. The second kappa shape index (κ2) is 9.66. The predicted molar refractivity (Wildman–Crippen MR) is 121 cm³/mol. The smallest absolute Gasteiger partial charge is 0.243 e. The van der Waals surface area contributed by atoms with Crippen molar-refractivity contribution in [3.8, 4) is 0 Å². The number of sulfonamides is 1. The molecule has 2 aromatic carbocycles. The predicted octanol–water partition coefficient (Wildman–Crippen LogP) is 4.06. The van der Waals surface area contributed by atoms with E-state index in [1.165, 1.54) is 4.31 Å². The van der Waals surface area contributed by atoms with Crippen LogP contribution in [0.1, 0.15) is 25.3 Å². The molecule has 2 aromatic rings. The molecule has 1 saturated heterocycles. The van der Waals surface area contributed by atoms with Gasteiger partial charge in [0.15, 0.2) is 0 Å². The molecule has 0 aromatic heterocycles. The number of halogens is 2. The van der Waals surface area contributed by atoms with Gasteiger partial charge in [-0.15, -0.1) is 0 Å². The van der Waals surface area contributed by atoms with Gasteiger partial charge in [0.05, 0.1) is 22.2 Å². The second-order valence-corrected chi connectivity index (χ2v) is 10.4. The number of hydrogen-bond donors (Lipinski definition) is 1. The summed E-state index contributed by atoms with van der Waals surface area (Å²) in [4.78, 5) is 14.6. The Labute approximate surface area is 187 Å². The van der Waals surface area contributed by atoms with Crippen molar-refractivity contribution in [3.05, 3.63) is 58.1 Å². The van der Waals surface area contributed by atoms with Crippen molar-refractivity contribution in [2.24, 2.45) is 0 Å². The van der Waals surface area contributed by atoms with E-state index in [1.807, 2.05) is 17.0 Å². The molecule has 30 heavy (non-hydrogen) atoms. The molecule has 0 saturated carbocycles. The molecule has 1 aliphatic rings. The molecular formula is C21H25Cl2N3O3S. The van der Waals surface area contributed by atoms with Gasteiger partial charge in [0.25, 0.3) is 0 Å². The third-order valence-corrected chi connectivity index (χ3v) is 7.56. The van der Waals surface area contributed by atoms with Crippen molar-refractivity contribution in [3.63, 3.8) is 0 Å². The van der Waals surface area contributed by atoms with E-state index in [0.29, 0.717) is 52.7 Å². The van der Waals surface area contributed by atoms with Gasteiger partial charge < -0.3 is 5.32 Å². The molecule has 1 heterocycles. The van der Waals surface area contributed by atoms with Gasteiger partial charge in [-0.3, -0.25) is 9.69 Å². The zero-order valence-corrected chi connectivity index (χ0v) is 19.3. The van der Waals surface area contributed by atoms with Crippen molar-refractivity contribution in [2.75, 3.05) is 38.0 Å². The van der Waals surface area contributed by atoms with Crippen LogP contribution in [0.4, 0.5) is 5.69 Å². The quantitative estimate of drug-likeness (QED) is 0.692. The highest BCUT2D eigenvalue weighted by Crippen LogP contribution is 2.25. The summed E-state index contributed by atoms with van der Waals surface area (Å²) in [7, 11) is -3.54. The van der Waals surface area contributed by atoms with Crippen molar-refractivity contribution in [2.45, 2.75) is 24.7 Å². The summed E-state index contributed by atoms with van der Waals surface area (Å²) in [6.45, 7) is 5.90. The number of amides is 1. The molecule has 3 rings (SSSR count). The molecule has 162 valence electrons. The second-order valence-electron chi connectivity index (χ2n) is 7.58. The molecule has 9 heteroatoms. The molecule has 0 unspecified atom stereocenters. The molecule has 1 fully saturated rings. The molecule has 0 atom stereocenters. The normalized spacial score (nSPS) is 16.0. The number of nitrogens with zero attached hydrogens (tertiary/aromatic N) is 2. The molecule has 0 spiro atoms. The van der Waals surface area contributed by atoms with Gasteiger partial charge in [0, 0.05) is 31.2 Å². The fraction of sp³-hybridized carbons (Fsp3) is 0.381. The number of carbonyl (C=O) groups is 1.